The number of sulfonamides is 1. The molecule has 2 aromatic carbocycles. The molecule has 1 radical (unpaired) electrons. The van der Waals surface area contributed by atoms with Crippen molar-refractivity contribution in [3.8, 4) is 17.1 Å². The van der Waals surface area contributed by atoms with Crippen LogP contribution in [0.5, 0.6) is 5.88 Å². The van der Waals surface area contributed by atoms with E-state index in [0.29, 0.717) is 16.6 Å². The molecule has 9 nitrogen and oxygen atoms in total. The third-order valence-electron chi connectivity index (χ3n) is 3.98. The number of aromatic nitrogens is 3. The summed E-state index contributed by atoms with van der Waals surface area (Å²) < 4.78 is 22.4. The molecule has 0 aliphatic carbocycles. The van der Waals surface area contributed by atoms with Crippen molar-refractivity contribution < 1.29 is 13.5 Å². The summed E-state index contributed by atoms with van der Waals surface area (Å²) >= 11 is 0. The minimum Gasteiger partial charge on any atom is -0.493 e. The fraction of sp³-hybridized carbons (Fsp3) is 0. The summed E-state index contributed by atoms with van der Waals surface area (Å²) in [6.45, 7) is 0. The molecule has 0 saturated heterocycles. The Balaban J connectivity index is 1.78. The Morgan fingerprint density at radius 3 is 2.48 bits per heavy atom. The van der Waals surface area contributed by atoms with Gasteiger partial charge in [0.2, 0.25) is 5.88 Å². The third kappa shape index (κ3) is 3.18. The Labute approximate surface area is 153 Å². The van der Waals surface area contributed by atoms with Crippen molar-refractivity contribution in [3.05, 3.63) is 54.7 Å². The van der Waals surface area contributed by atoms with Crippen LogP contribution in [0.4, 0.5) is 11.4 Å². The molecule has 0 spiro atoms. The first kappa shape index (κ1) is 16.9. The smallest absolute Gasteiger partial charge is 0.254 e. The van der Waals surface area contributed by atoms with Gasteiger partial charge in [0.05, 0.1) is 21.8 Å². The predicted molar refractivity (Wildman–Crippen MR) is 98.4 cm³/mol. The van der Waals surface area contributed by atoms with Crippen LogP contribution in [0.3, 0.4) is 0 Å². The maximum atomic E-state index is 11.2. The molecular formula is C17H13N6O3S. The number of aromatic amines is 2. The zero-order valence-electron chi connectivity index (χ0n) is 13.7. The highest BCUT2D eigenvalue weighted by atomic mass is 32.2. The van der Waals surface area contributed by atoms with Gasteiger partial charge < -0.3 is 10.1 Å². The fourth-order valence-corrected chi connectivity index (χ4v) is 3.24. The zero-order chi connectivity index (χ0) is 19.0. The lowest BCUT2D eigenvalue weighted by Gasteiger charge is -2.01. The minimum atomic E-state index is -4.02. The Kier molecular flexibility index (Phi) is 3.98. The number of nitrogens with zero attached hydrogens (tertiary/aromatic N) is 3. The van der Waals surface area contributed by atoms with Crippen molar-refractivity contribution in [1.82, 2.24) is 20.3 Å². The summed E-state index contributed by atoms with van der Waals surface area (Å²) in [4.78, 5) is 2.73. The lowest BCUT2D eigenvalue weighted by Crippen LogP contribution is -1.99. The molecular weight excluding hydrogens is 368 g/mol. The first-order chi connectivity index (χ1) is 12.9. The van der Waals surface area contributed by atoms with E-state index in [-0.39, 0.29) is 16.5 Å². The number of hydrogen-bond donors (Lipinski definition) is 3. The molecule has 10 heteroatoms. The van der Waals surface area contributed by atoms with Gasteiger partial charge in [0.1, 0.15) is 0 Å². The van der Waals surface area contributed by atoms with Crippen LogP contribution in [0, 0.1) is 0 Å². The Morgan fingerprint density at radius 2 is 1.81 bits per heavy atom. The van der Waals surface area contributed by atoms with Gasteiger partial charge >= 0.3 is 0 Å². The van der Waals surface area contributed by atoms with E-state index in [1.807, 2.05) is 18.2 Å². The largest absolute Gasteiger partial charge is 0.493 e. The van der Waals surface area contributed by atoms with Gasteiger partial charge in [0.15, 0.2) is 5.69 Å². The molecule has 4 aromatic rings. The van der Waals surface area contributed by atoms with Gasteiger partial charge in [0, 0.05) is 17.1 Å². The number of nitrogens with one attached hydrogen (secondary N) is 3. The lowest BCUT2D eigenvalue weighted by atomic mass is 10.1. The molecule has 0 aliphatic heterocycles. The number of fused-ring (bicyclic) bond motifs is 1. The fourth-order valence-electron chi connectivity index (χ4n) is 2.74. The second-order valence-corrected chi connectivity index (χ2v) is 7.20. The molecule has 135 valence electrons. The van der Waals surface area contributed by atoms with E-state index in [0.717, 1.165) is 11.3 Å². The highest BCUT2D eigenvalue weighted by molar-refractivity contribution is 7.88. The number of H-pyrrole nitrogens is 2. The Hall–Kier alpha value is -3.50. The summed E-state index contributed by atoms with van der Waals surface area (Å²) in [5, 5.41) is 33.0. The number of rotatable bonds is 4. The van der Waals surface area contributed by atoms with Crippen LogP contribution >= 0.6 is 0 Å². The predicted octanol–water partition coefficient (Wildman–Crippen LogP) is 3.65. The molecule has 0 amide bonds. The highest BCUT2D eigenvalue weighted by Gasteiger charge is 2.16. The van der Waals surface area contributed by atoms with Crippen LogP contribution in [-0.2, 0) is 10.0 Å². The summed E-state index contributed by atoms with van der Waals surface area (Å²) in [6.07, 6.45) is 1.63. The summed E-state index contributed by atoms with van der Waals surface area (Å²) in [5.74, 6) is -0.133. The summed E-state index contributed by atoms with van der Waals surface area (Å²) in [5.41, 5.74) is 2.89. The van der Waals surface area contributed by atoms with Crippen LogP contribution in [0.1, 0.15) is 0 Å². The SMILES string of the molecule is [NH]S(=O)(=O)c1ccc(N=Nc2c(O)[nH]c3cccc(-c4ccn[nH]4)c23)cc1. The minimum absolute atomic E-state index is 0.127. The molecule has 4 N–H and O–H groups in total. The van der Waals surface area contributed by atoms with E-state index in [1.165, 1.54) is 24.3 Å². The van der Waals surface area contributed by atoms with Gasteiger partial charge in [-0.3, -0.25) is 5.10 Å². The van der Waals surface area contributed by atoms with E-state index < -0.39 is 10.0 Å². The molecule has 0 unspecified atom stereocenters. The van der Waals surface area contributed by atoms with Crippen molar-refractivity contribution in [3.63, 3.8) is 0 Å². The zero-order valence-corrected chi connectivity index (χ0v) is 14.5. The van der Waals surface area contributed by atoms with Gasteiger partial charge in [-0.05, 0) is 36.4 Å². The number of hydrogen-bond acceptors (Lipinski definition) is 6. The van der Waals surface area contributed by atoms with Crippen LogP contribution in [0.15, 0.2) is 69.9 Å². The van der Waals surface area contributed by atoms with Gasteiger partial charge in [-0.1, -0.05) is 12.1 Å². The Bertz CT molecular complexity index is 1240. The van der Waals surface area contributed by atoms with Crippen molar-refractivity contribution >= 4 is 32.3 Å². The van der Waals surface area contributed by atoms with Gasteiger partial charge in [-0.25, -0.2) is 8.42 Å². The van der Waals surface area contributed by atoms with Crippen molar-refractivity contribution in [2.45, 2.75) is 4.90 Å². The molecule has 0 saturated carbocycles. The average Bonchev–Trinajstić information content (AvgIpc) is 3.27. The molecule has 0 atom stereocenters. The van der Waals surface area contributed by atoms with Crippen molar-refractivity contribution in [2.75, 3.05) is 0 Å². The van der Waals surface area contributed by atoms with Gasteiger partial charge in [-0.15, -0.1) is 10.3 Å². The molecule has 27 heavy (non-hydrogen) atoms. The Morgan fingerprint density at radius 1 is 1.04 bits per heavy atom. The summed E-state index contributed by atoms with van der Waals surface area (Å²) in [6, 6.07) is 12.8. The van der Waals surface area contributed by atoms with Crippen LogP contribution in [-0.4, -0.2) is 28.7 Å². The lowest BCUT2D eigenvalue weighted by molar-refractivity contribution is 0.459. The van der Waals surface area contributed by atoms with E-state index in [2.05, 4.69) is 25.4 Å². The van der Waals surface area contributed by atoms with Gasteiger partial charge in [0.25, 0.3) is 10.0 Å². The molecule has 0 aliphatic rings. The van der Waals surface area contributed by atoms with Gasteiger partial charge in [-0.2, -0.15) is 10.2 Å². The number of benzene rings is 2. The molecule has 2 heterocycles. The molecule has 2 aromatic heterocycles. The normalized spacial score (nSPS) is 12.2. The maximum absolute atomic E-state index is 11.2. The monoisotopic (exact) mass is 381 g/mol. The van der Waals surface area contributed by atoms with Crippen molar-refractivity contribution in [2.24, 2.45) is 10.2 Å². The van der Waals surface area contributed by atoms with Crippen LogP contribution in [0.25, 0.3) is 22.2 Å². The highest BCUT2D eigenvalue weighted by Crippen LogP contribution is 2.41. The molecule has 0 bridgehead atoms. The van der Waals surface area contributed by atoms with E-state index in [9.17, 15) is 13.5 Å². The van der Waals surface area contributed by atoms with E-state index >= 15 is 0 Å². The first-order valence-electron chi connectivity index (χ1n) is 7.78. The number of aromatic hydroxyl groups is 1. The maximum Gasteiger partial charge on any atom is 0.254 e. The van der Waals surface area contributed by atoms with Crippen molar-refractivity contribution in [1.29, 1.82) is 0 Å². The second kappa shape index (κ2) is 6.34. The first-order valence-corrected chi connectivity index (χ1v) is 9.26. The van der Waals surface area contributed by atoms with E-state index in [1.54, 1.807) is 12.3 Å². The second-order valence-electron chi connectivity index (χ2n) is 5.72. The van der Waals surface area contributed by atoms with Crippen LogP contribution < -0.4 is 5.14 Å². The molecule has 0 fully saturated rings. The third-order valence-corrected chi connectivity index (χ3v) is 4.87. The van der Waals surface area contributed by atoms with E-state index in [4.69, 9.17) is 5.14 Å². The van der Waals surface area contributed by atoms with Crippen LogP contribution in [0.2, 0.25) is 0 Å². The summed E-state index contributed by atoms with van der Waals surface area (Å²) in [7, 11) is -4.02. The average molecular weight is 381 g/mol. The number of azo groups is 1. The quantitative estimate of drug-likeness (QED) is 0.463. The topological polar surface area (TPSA) is 147 Å². The molecule has 4 rings (SSSR count). The standard InChI is InChI=1S/C17H13N6O3S/c18-27(25,26)11-6-4-10(5-7-11)21-23-16-15-12(13-8-9-19-22-13)2-1-3-14(15)20-17(16)24/h1-9,18,20,24H,(H,19,22).